The smallest absolute Gasteiger partial charge is 0.180 e. The van der Waals surface area contributed by atoms with Crippen molar-refractivity contribution in [2.45, 2.75) is 26.2 Å². The molecular weight excluding hydrogens is 349 g/mol. The van der Waals surface area contributed by atoms with Crippen LogP contribution in [0.1, 0.15) is 35.9 Å². The maximum Gasteiger partial charge on any atom is 0.180 e. The minimum absolute atomic E-state index is 0.182. The summed E-state index contributed by atoms with van der Waals surface area (Å²) >= 11 is 14.0. The number of hydrogen-bond acceptors (Lipinski definition) is 3. The Hall–Kier alpha value is -0.870. The molecule has 1 fully saturated rings. The minimum Gasteiger partial charge on any atom is -0.316 e. The second-order valence-electron chi connectivity index (χ2n) is 6.05. The lowest BCUT2D eigenvalue weighted by Gasteiger charge is -2.26. The quantitative estimate of drug-likeness (QED) is 0.688. The van der Waals surface area contributed by atoms with E-state index in [-0.39, 0.29) is 11.2 Å². The Morgan fingerprint density at radius 2 is 2.04 bits per heavy atom. The summed E-state index contributed by atoms with van der Waals surface area (Å²) in [7, 11) is 0. The van der Waals surface area contributed by atoms with Crippen LogP contribution in [0.4, 0.5) is 0 Å². The van der Waals surface area contributed by atoms with E-state index in [1.165, 1.54) is 11.3 Å². The zero-order chi connectivity index (χ0) is 16.4. The van der Waals surface area contributed by atoms with Gasteiger partial charge in [-0.25, -0.2) is 0 Å². The first-order valence-corrected chi connectivity index (χ1v) is 9.45. The minimum atomic E-state index is -0.324. The molecule has 1 atom stereocenters. The number of hydrogen-bond donors (Lipinski definition) is 1. The lowest BCUT2D eigenvalue weighted by Crippen LogP contribution is -2.33. The molecule has 1 aromatic heterocycles. The number of nitrogens with one attached hydrogen (secondary N) is 1. The maximum atomic E-state index is 13.4. The predicted octanol–water partition coefficient (Wildman–Crippen LogP) is 5.68. The third-order valence-corrected chi connectivity index (χ3v) is 6.52. The van der Waals surface area contributed by atoms with E-state index in [4.69, 9.17) is 23.2 Å². The number of ketones is 1. The van der Waals surface area contributed by atoms with Crippen molar-refractivity contribution in [3.63, 3.8) is 0 Å². The number of carbonyl (C=O) groups excluding carboxylic acids is 1. The van der Waals surface area contributed by atoms with Crippen molar-refractivity contribution >= 4 is 40.3 Å². The van der Waals surface area contributed by atoms with E-state index in [1.54, 1.807) is 0 Å². The number of carbonyl (C=O) groups is 1. The van der Waals surface area contributed by atoms with Crippen LogP contribution in [0.15, 0.2) is 30.3 Å². The molecule has 1 unspecified atom stereocenters. The van der Waals surface area contributed by atoms with Gasteiger partial charge in [-0.3, -0.25) is 4.79 Å². The monoisotopic (exact) mass is 367 g/mol. The summed E-state index contributed by atoms with van der Waals surface area (Å²) in [6, 6.07) is 9.79. The lowest BCUT2D eigenvalue weighted by atomic mass is 9.77. The molecule has 1 saturated heterocycles. The SMILES string of the molecule is CCCC1(C(=O)c2sc(Cl)c(Cl)c2-c2ccccc2)CCNC1. The van der Waals surface area contributed by atoms with Gasteiger partial charge in [-0.2, -0.15) is 0 Å². The zero-order valence-electron chi connectivity index (χ0n) is 13.0. The van der Waals surface area contributed by atoms with E-state index in [9.17, 15) is 4.79 Å². The van der Waals surface area contributed by atoms with Crippen LogP contribution in [-0.2, 0) is 0 Å². The summed E-state index contributed by atoms with van der Waals surface area (Å²) in [5.74, 6) is 0.182. The van der Waals surface area contributed by atoms with Crippen molar-refractivity contribution in [3.05, 3.63) is 44.6 Å². The van der Waals surface area contributed by atoms with Gasteiger partial charge in [0, 0.05) is 17.5 Å². The van der Waals surface area contributed by atoms with Crippen molar-refractivity contribution in [2.75, 3.05) is 13.1 Å². The van der Waals surface area contributed by atoms with Crippen LogP contribution in [0.2, 0.25) is 9.36 Å². The van der Waals surface area contributed by atoms with Gasteiger partial charge in [0.2, 0.25) is 0 Å². The lowest BCUT2D eigenvalue weighted by molar-refractivity contribution is 0.0807. The van der Waals surface area contributed by atoms with Crippen LogP contribution in [0, 0.1) is 5.41 Å². The highest BCUT2D eigenvalue weighted by Gasteiger charge is 2.42. The van der Waals surface area contributed by atoms with Gasteiger partial charge in [0.05, 0.1) is 9.90 Å². The van der Waals surface area contributed by atoms with Crippen LogP contribution in [0.3, 0.4) is 0 Å². The average Bonchev–Trinajstić information content (AvgIpc) is 3.15. The van der Waals surface area contributed by atoms with Crippen LogP contribution < -0.4 is 5.32 Å². The summed E-state index contributed by atoms with van der Waals surface area (Å²) in [5.41, 5.74) is 1.41. The van der Waals surface area contributed by atoms with E-state index in [0.29, 0.717) is 14.2 Å². The summed E-state index contributed by atoms with van der Waals surface area (Å²) in [4.78, 5) is 14.1. The zero-order valence-corrected chi connectivity index (χ0v) is 15.3. The van der Waals surface area contributed by atoms with E-state index < -0.39 is 0 Å². The van der Waals surface area contributed by atoms with E-state index in [2.05, 4.69) is 12.2 Å². The fourth-order valence-electron chi connectivity index (χ4n) is 3.39. The van der Waals surface area contributed by atoms with Crippen molar-refractivity contribution in [2.24, 2.45) is 5.41 Å². The van der Waals surface area contributed by atoms with Crippen LogP contribution in [0.5, 0.6) is 0 Å². The van der Waals surface area contributed by atoms with E-state index >= 15 is 0 Å². The largest absolute Gasteiger partial charge is 0.316 e. The Morgan fingerprint density at radius 1 is 1.30 bits per heavy atom. The fourth-order valence-corrected chi connectivity index (χ4v) is 5.09. The van der Waals surface area contributed by atoms with Gasteiger partial charge in [0.15, 0.2) is 5.78 Å². The van der Waals surface area contributed by atoms with Gasteiger partial charge in [-0.15, -0.1) is 11.3 Å². The molecule has 0 amide bonds. The van der Waals surface area contributed by atoms with Crippen LogP contribution in [-0.4, -0.2) is 18.9 Å². The van der Waals surface area contributed by atoms with Gasteiger partial charge in [0.25, 0.3) is 0 Å². The molecule has 1 aromatic carbocycles. The Balaban J connectivity index is 2.10. The molecule has 122 valence electrons. The molecule has 1 aliphatic rings. The number of Topliss-reactive ketones (excluding diaryl/α,β-unsaturated/α-hetero) is 1. The molecule has 2 nitrogen and oxygen atoms in total. The molecule has 23 heavy (non-hydrogen) atoms. The molecule has 3 rings (SSSR count). The highest BCUT2D eigenvalue weighted by atomic mass is 35.5. The second kappa shape index (κ2) is 6.94. The molecule has 1 N–H and O–H groups in total. The third kappa shape index (κ3) is 3.08. The first-order chi connectivity index (χ1) is 11.1. The summed E-state index contributed by atoms with van der Waals surface area (Å²) in [6.07, 6.45) is 2.75. The second-order valence-corrected chi connectivity index (χ2v) is 8.05. The Morgan fingerprint density at radius 3 is 2.65 bits per heavy atom. The summed E-state index contributed by atoms with van der Waals surface area (Å²) in [5, 5.41) is 3.84. The predicted molar refractivity (Wildman–Crippen MR) is 98.9 cm³/mol. The number of benzene rings is 1. The molecule has 0 aliphatic carbocycles. The van der Waals surface area contributed by atoms with Crippen molar-refractivity contribution < 1.29 is 4.79 Å². The van der Waals surface area contributed by atoms with Crippen molar-refractivity contribution in [1.29, 1.82) is 0 Å². The molecule has 0 radical (unpaired) electrons. The third-order valence-electron chi connectivity index (χ3n) is 4.53. The van der Waals surface area contributed by atoms with Gasteiger partial charge in [0.1, 0.15) is 4.34 Å². The Labute approximate surface area is 150 Å². The molecule has 0 spiro atoms. The highest BCUT2D eigenvalue weighted by molar-refractivity contribution is 7.19. The molecule has 2 aromatic rings. The van der Waals surface area contributed by atoms with Gasteiger partial charge >= 0.3 is 0 Å². The molecular formula is C18H19Cl2NOS. The first kappa shape index (κ1) is 17.0. The molecule has 2 heterocycles. The van der Waals surface area contributed by atoms with Crippen LogP contribution in [0.25, 0.3) is 11.1 Å². The normalized spacial score (nSPS) is 20.8. The highest BCUT2D eigenvalue weighted by Crippen LogP contribution is 2.47. The van der Waals surface area contributed by atoms with Crippen molar-refractivity contribution in [3.8, 4) is 11.1 Å². The molecule has 0 bridgehead atoms. The Kier molecular flexibility index (Phi) is 5.12. The van der Waals surface area contributed by atoms with Crippen LogP contribution >= 0.6 is 34.5 Å². The number of rotatable bonds is 5. The molecule has 5 heteroatoms. The molecule has 1 aliphatic heterocycles. The van der Waals surface area contributed by atoms with Gasteiger partial charge in [-0.05, 0) is 24.9 Å². The Bertz CT molecular complexity index is 705. The average molecular weight is 368 g/mol. The van der Waals surface area contributed by atoms with E-state index in [0.717, 1.165) is 43.5 Å². The number of halogens is 2. The summed E-state index contributed by atoms with van der Waals surface area (Å²) in [6.45, 7) is 3.75. The maximum absolute atomic E-state index is 13.4. The topological polar surface area (TPSA) is 29.1 Å². The van der Waals surface area contributed by atoms with Gasteiger partial charge in [-0.1, -0.05) is 66.9 Å². The van der Waals surface area contributed by atoms with E-state index in [1.807, 2.05) is 30.3 Å². The fraction of sp³-hybridized carbons (Fsp3) is 0.389. The van der Waals surface area contributed by atoms with Gasteiger partial charge < -0.3 is 5.32 Å². The summed E-state index contributed by atoms with van der Waals surface area (Å²) < 4.78 is 0.492. The first-order valence-electron chi connectivity index (χ1n) is 7.88. The molecule has 0 saturated carbocycles. The van der Waals surface area contributed by atoms with Crippen molar-refractivity contribution in [1.82, 2.24) is 5.32 Å². The standard InChI is InChI=1S/C18H19Cl2NOS/c1-2-8-18(9-10-21-11-18)16(22)15-13(14(19)17(20)23-15)12-6-4-3-5-7-12/h3-7,21H,2,8-11H2,1H3. The number of thiophene rings is 1.